The van der Waals surface area contributed by atoms with Crippen LogP contribution in [0.2, 0.25) is 0 Å². The van der Waals surface area contributed by atoms with Crippen LogP contribution in [0.3, 0.4) is 0 Å². The summed E-state index contributed by atoms with van der Waals surface area (Å²) in [6.45, 7) is 0.524. The zero-order valence-electron chi connectivity index (χ0n) is 11.2. The highest BCUT2D eigenvalue weighted by Crippen LogP contribution is 2.32. The third-order valence-corrected chi connectivity index (χ3v) is 4.53. The Bertz CT molecular complexity index is 610. The van der Waals surface area contributed by atoms with E-state index in [-0.39, 0.29) is 6.10 Å². The number of aliphatic hydroxyl groups is 1. The molecule has 1 aliphatic rings. The molecule has 2 aromatic rings. The highest BCUT2D eigenvalue weighted by molar-refractivity contribution is 9.10. The lowest BCUT2D eigenvalue weighted by Gasteiger charge is -2.22. The van der Waals surface area contributed by atoms with Gasteiger partial charge in [-0.1, -0.05) is 40.2 Å². The fourth-order valence-electron chi connectivity index (χ4n) is 2.62. The van der Waals surface area contributed by atoms with Crippen LogP contribution in [0.1, 0.15) is 35.6 Å². The van der Waals surface area contributed by atoms with Crippen LogP contribution < -0.4 is 4.74 Å². The summed E-state index contributed by atoms with van der Waals surface area (Å²) in [7, 11) is 0. The van der Waals surface area contributed by atoms with Gasteiger partial charge in [0, 0.05) is 10.0 Å². The van der Waals surface area contributed by atoms with Crippen molar-refractivity contribution in [2.75, 3.05) is 0 Å². The van der Waals surface area contributed by atoms with Crippen molar-refractivity contribution < 1.29 is 9.84 Å². The highest BCUT2D eigenvalue weighted by Gasteiger charge is 2.18. The molecule has 0 aliphatic heterocycles. The quantitative estimate of drug-likeness (QED) is 0.902. The van der Waals surface area contributed by atoms with Crippen LogP contribution in [-0.4, -0.2) is 5.11 Å². The van der Waals surface area contributed by atoms with Crippen LogP contribution in [0.15, 0.2) is 46.9 Å². The van der Waals surface area contributed by atoms with Gasteiger partial charge in [-0.25, -0.2) is 0 Å². The number of halogens is 1. The number of aliphatic hydroxyl groups excluding tert-OH is 1. The first-order valence-electron chi connectivity index (χ1n) is 6.91. The Labute approximate surface area is 127 Å². The van der Waals surface area contributed by atoms with E-state index in [0.29, 0.717) is 6.61 Å². The van der Waals surface area contributed by atoms with Crippen molar-refractivity contribution in [3.8, 4) is 5.75 Å². The van der Waals surface area contributed by atoms with Crippen LogP contribution in [0.5, 0.6) is 5.75 Å². The first kappa shape index (κ1) is 13.7. The number of hydrogen-bond donors (Lipinski definition) is 1. The van der Waals surface area contributed by atoms with Crippen molar-refractivity contribution in [3.05, 3.63) is 63.6 Å². The maximum absolute atomic E-state index is 10.1. The standard InChI is InChI=1S/C17H17BrO2/c18-16-6-2-1-4-13(16)11-20-14-9-8-12-5-3-7-17(19)15(12)10-14/h1-2,4,6,8-10,17,19H,3,5,7,11H2/t17-/m1/s1. The van der Waals surface area contributed by atoms with E-state index in [2.05, 4.69) is 22.0 Å². The minimum atomic E-state index is -0.342. The lowest BCUT2D eigenvalue weighted by atomic mass is 9.89. The molecule has 0 spiro atoms. The van der Waals surface area contributed by atoms with Crippen LogP contribution in [0.25, 0.3) is 0 Å². The maximum Gasteiger partial charge on any atom is 0.120 e. The second-order valence-corrected chi connectivity index (χ2v) is 6.00. The molecule has 3 rings (SSSR count). The molecule has 0 saturated heterocycles. The lowest BCUT2D eigenvalue weighted by molar-refractivity contribution is 0.156. The number of rotatable bonds is 3. The second-order valence-electron chi connectivity index (χ2n) is 5.15. The first-order valence-corrected chi connectivity index (χ1v) is 7.70. The Morgan fingerprint density at radius 1 is 1.20 bits per heavy atom. The first-order chi connectivity index (χ1) is 9.74. The van der Waals surface area contributed by atoms with E-state index in [4.69, 9.17) is 4.74 Å². The Morgan fingerprint density at radius 2 is 2.05 bits per heavy atom. The molecule has 0 radical (unpaired) electrons. The minimum Gasteiger partial charge on any atom is -0.489 e. The molecule has 20 heavy (non-hydrogen) atoms. The van der Waals surface area contributed by atoms with Gasteiger partial charge in [0.1, 0.15) is 12.4 Å². The van der Waals surface area contributed by atoms with Gasteiger partial charge in [-0.05, 0) is 48.6 Å². The average Bonchev–Trinajstić information content (AvgIpc) is 2.47. The third-order valence-electron chi connectivity index (χ3n) is 3.75. The number of hydrogen-bond acceptors (Lipinski definition) is 2. The highest BCUT2D eigenvalue weighted by atomic mass is 79.9. The molecule has 1 N–H and O–H groups in total. The van der Waals surface area contributed by atoms with Gasteiger partial charge in [-0.3, -0.25) is 0 Å². The molecule has 0 unspecified atom stereocenters. The minimum absolute atomic E-state index is 0.342. The van der Waals surface area contributed by atoms with Gasteiger partial charge < -0.3 is 9.84 Å². The van der Waals surface area contributed by atoms with Crippen molar-refractivity contribution in [1.82, 2.24) is 0 Å². The van der Waals surface area contributed by atoms with Crippen LogP contribution in [0.4, 0.5) is 0 Å². The Hall–Kier alpha value is -1.32. The van der Waals surface area contributed by atoms with Gasteiger partial charge in [0.25, 0.3) is 0 Å². The summed E-state index contributed by atoms with van der Waals surface area (Å²) < 4.78 is 6.90. The monoisotopic (exact) mass is 332 g/mol. The molecular formula is C17H17BrO2. The van der Waals surface area contributed by atoms with Gasteiger partial charge in [-0.2, -0.15) is 0 Å². The maximum atomic E-state index is 10.1. The van der Waals surface area contributed by atoms with Crippen molar-refractivity contribution in [2.24, 2.45) is 0 Å². The molecule has 0 aromatic heterocycles. The van der Waals surface area contributed by atoms with E-state index in [9.17, 15) is 5.11 Å². The van der Waals surface area contributed by atoms with E-state index in [0.717, 1.165) is 40.6 Å². The largest absolute Gasteiger partial charge is 0.489 e. The number of aryl methyl sites for hydroxylation is 1. The van der Waals surface area contributed by atoms with Crippen molar-refractivity contribution in [2.45, 2.75) is 32.0 Å². The predicted octanol–water partition coefficient (Wildman–Crippen LogP) is 4.40. The topological polar surface area (TPSA) is 29.5 Å². The van der Waals surface area contributed by atoms with Crippen molar-refractivity contribution in [3.63, 3.8) is 0 Å². The third kappa shape index (κ3) is 2.89. The summed E-state index contributed by atoms with van der Waals surface area (Å²) in [6, 6.07) is 14.1. The summed E-state index contributed by atoms with van der Waals surface area (Å²) in [5, 5.41) is 10.1. The Morgan fingerprint density at radius 3 is 2.90 bits per heavy atom. The molecule has 2 nitrogen and oxygen atoms in total. The van der Waals surface area contributed by atoms with Crippen LogP contribution >= 0.6 is 15.9 Å². The van der Waals surface area contributed by atoms with Crippen LogP contribution in [0, 0.1) is 0 Å². The number of ether oxygens (including phenoxy) is 1. The van der Waals surface area contributed by atoms with E-state index in [1.165, 1.54) is 5.56 Å². The Kier molecular flexibility index (Phi) is 4.08. The van der Waals surface area contributed by atoms with Gasteiger partial charge >= 0.3 is 0 Å². The van der Waals surface area contributed by atoms with E-state index in [1.54, 1.807) is 0 Å². The lowest BCUT2D eigenvalue weighted by Crippen LogP contribution is -2.09. The molecule has 2 aromatic carbocycles. The molecular weight excluding hydrogens is 316 g/mol. The Balaban J connectivity index is 1.75. The molecule has 0 bridgehead atoms. The van der Waals surface area contributed by atoms with E-state index in [1.807, 2.05) is 36.4 Å². The predicted molar refractivity (Wildman–Crippen MR) is 82.8 cm³/mol. The van der Waals surface area contributed by atoms with Gasteiger partial charge in [0.05, 0.1) is 6.10 Å². The van der Waals surface area contributed by atoms with E-state index >= 15 is 0 Å². The van der Waals surface area contributed by atoms with Crippen molar-refractivity contribution >= 4 is 15.9 Å². The summed E-state index contributed by atoms with van der Waals surface area (Å²) in [4.78, 5) is 0. The van der Waals surface area contributed by atoms with Gasteiger partial charge in [0.15, 0.2) is 0 Å². The molecule has 0 heterocycles. The molecule has 0 amide bonds. The van der Waals surface area contributed by atoms with Crippen LogP contribution in [-0.2, 0) is 13.0 Å². The SMILES string of the molecule is O[C@@H]1CCCc2ccc(OCc3ccccc3Br)cc21. The molecule has 1 aliphatic carbocycles. The zero-order valence-corrected chi connectivity index (χ0v) is 12.8. The molecule has 104 valence electrons. The van der Waals surface area contributed by atoms with Gasteiger partial charge in [-0.15, -0.1) is 0 Å². The molecule has 0 saturated carbocycles. The molecule has 0 fully saturated rings. The number of fused-ring (bicyclic) bond motifs is 1. The summed E-state index contributed by atoms with van der Waals surface area (Å²) in [6.07, 6.45) is 2.62. The molecule has 1 atom stereocenters. The summed E-state index contributed by atoms with van der Waals surface area (Å²) in [5.74, 6) is 0.820. The number of benzene rings is 2. The zero-order chi connectivity index (χ0) is 13.9. The van der Waals surface area contributed by atoms with Gasteiger partial charge in [0.2, 0.25) is 0 Å². The summed E-state index contributed by atoms with van der Waals surface area (Å²) >= 11 is 3.52. The smallest absolute Gasteiger partial charge is 0.120 e. The average molecular weight is 333 g/mol. The van der Waals surface area contributed by atoms with Crippen molar-refractivity contribution in [1.29, 1.82) is 0 Å². The fourth-order valence-corrected chi connectivity index (χ4v) is 3.02. The molecule has 3 heteroatoms. The normalized spacial score (nSPS) is 17.6. The summed E-state index contributed by atoms with van der Waals surface area (Å²) in [5.41, 5.74) is 3.39. The fraction of sp³-hybridized carbons (Fsp3) is 0.294. The van der Waals surface area contributed by atoms with E-state index < -0.39 is 0 Å². The second kappa shape index (κ2) is 5.98.